The zero-order valence-electron chi connectivity index (χ0n) is 17.9. The fourth-order valence-electron chi connectivity index (χ4n) is 4.63. The van der Waals surface area contributed by atoms with Gasteiger partial charge in [0.15, 0.2) is 0 Å². The number of rotatable bonds is 3. The number of amides is 1. The molecule has 160 valence electrons. The Morgan fingerprint density at radius 3 is 2.61 bits per heavy atom. The van der Waals surface area contributed by atoms with Crippen LogP contribution in [0, 0.1) is 32.5 Å². The Bertz CT molecular complexity index is 1120. The summed E-state index contributed by atoms with van der Waals surface area (Å²) in [5, 5.41) is 6.69. The van der Waals surface area contributed by atoms with Crippen molar-refractivity contribution in [2.45, 2.75) is 33.2 Å². The lowest BCUT2D eigenvalue weighted by molar-refractivity contribution is 0.00771. The zero-order chi connectivity index (χ0) is 21.7. The number of anilines is 1. The van der Waals surface area contributed by atoms with E-state index in [1.165, 1.54) is 6.07 Å². The van der Waals surface area contributed by atoms with Gasteiger partial charge in [0, 0.05) is 48.7 Å². The third-order valence-electron chi connectivity index (χ3n) is 6.73. The number of likely N-dealkylation sites (tertiary alicyclic amines) is 1. The van der Waals surface area contributed by atoms with E-state index in [2.05, 4.69) is 25.1 Å². The molecule has 1 amide bonds. The maximum atomic E-state index is 14.6. The molecule has 2 aliphatic rings. The molecule has 3 aromatic rings. The summed E-state index contributed by atoms with van der Waals surface area (Å²) in [4.78, 5) is 26.8. The topological polar surface area (TPSA) is 78.0 Å². The molecule has 8 heteroatoms. The molecule has 2 atom stereocenters. The number of halogens is 1. The first kappa shape index (κ1) is 19.7. The molecule has 4 heterocycles. The minimum absolute atomic E-state index is 0.0737. The van der Waals surface area contributed by atoms with Crippen molar-refractivity contribution in [1.29, 1.82) is 0 Å². The molecule has 0 bridgehead atoms. The zero-order valence-corrected chi connectivity index (χ0v) is 17.9. The first-order chi connectivity index (χ1) is 14.9. The van der Waals surface area contributed by atoms with Gasteiger partial charge in [0.1, 0.15) is 5.82 Å². The van der Waals surface area contributed by atoms with E-state index < -0.39 is 5.82 Å². The number of hydrogen-bond acceptors (Lipinski definition) is 5. The Labute approximate surface area is 180 Å². The molecule has 31 heavy (non-hydrogen) atoms. The smallest absolute Gasteiger partial charge is 0.254 e. The van der Waals surface area contributed by atoms with Crippen LogP contribution in [0.3, 0.4) is 0 Å². The Morgan fingerprint density at radius 1 is 1.13 bits per heavy atom. The normalized spacial score (nSPS) is 20.4. The van der Waals surface area contributed by atoms with E-state index >= 15 is 0 Å². The van der Waals surface area contributed by atoms with E-state index in [1.54, 1.807) is 24.4 Å². The maximum Gasteiger partial charge on any atom is 0.254 e. The first-order valence-electron chi connectivity index (χ1n) is 10.6. The second-order valence-electron chi connectivity index (χ2n) is 8.47. The van der Waals surface area contributed by atoms with Crippen LogP contribution in [0.2, 0.25) is 0 Å². The van der Waals surface area contributed by atoms with Crippen LogP contribution >= 0.6 is 0 Å². The van der Waals surface area contributed by atoms with E-state index in [4.69, 9.17) is 0 Å². The van der Waals surface area contributed by atoms with Gasteiger partial charge >= 0.3 is 0 Å². The largest absolute Gasteiger partial charge is 0.339 e. The second-order valence-corrected chi connectivity index (χ2v) is 8.47. The molecular formula is C23H25FN6O. The van der Waals surface area contributed by atoms with Crippen LogP contribution in [0.4, 0.5) is 10.3 Å². The third kappa shape index (κ3) is 3.26. The average Bonchev–Trinajstić information content (AvgIpc) is 3.26. The summed E-state index contributed by atoms with van der Waals surface area (Å²) in [6.45, 7) is 8.30. The lowest BCUT2D eigenvalue weighted by Crippen LogP contribution is -2.66. The van der Waals surface area contributed by atoms with Gasteiger partial charge in [-0.05, 0) is 51.0 Å². The van der Waals surface area contributed by atoms with Gasteiger partial charge in [0.25, 0.3) is 5.91 Å². The van der Waals surface area contributed by atoms with Gasteiger partial charge in [0.05, 0.1) is 17.3 Å². The van der Waals surface area contributed by atoms with Crippen LogP contribution < -0.4 is 4.90 Å². The summed E-state index contributed by atoms with van der Waals surface area (Å²) in [6.07, 6.45) is 2.54. The van der Waals surface area contributed by atoms with Gasteiger partial charge in [-0.1, -0.05) is 6.07 Å². The molecule has 2 aliphatic heterocycles. The van der Waals surface area contributed by atoms with Crippen LogP contribution in [0.1, 0.15) is 33.7 Å². The fourth-order valence-corrected chi connectivity index (χ4v) is 4.63. The second kappa shape index (κ2) is 7.44. The lowest BCUT2D eigenvalue weighted by atomic mass is 9.81. The number of piperidine rings is 1. The van der Waals surface area contributed by atoms with E-state index in [0.717, 1.165) is 35.9 Å². The predicted octanol–water partition coefficient (Wildman–Crippen LogP) is 3.28. The van der Waals surface area contributed by atoms with Crippen LogP contribution in [0.25, 0.3) is 11.3 Å². The number of benzene rings is 1. The van der Waals surface area contributed by atoms with Crippen molar-refractivity contribution in [2.24, 2.45) is 5.92 Å². The van der Waals surface area contributed by atoms with E-state index in [0.29, 0.717) is 30.3 Å². The number of nitrogens with one attached hydrogen (secondary N) is 1. The van der Waals surface area contributed by atoms with Crippen molar-refractivity contribution in [3.63, 3.8) is 0 Å². The van der Waals surface area contributed by atoms with Crippen molar-refractivity contribution < 1.29 is 9.18 Å². The highest BCUT2D eigenvalue weighted by molar-refractivity contribution is 6.01. The predicted molar refractivity (Wildman–Crippen MR) is 115 cm³/mol. The third-order valence-corrected chi connectivity index (χ3v) is 6.73. The summed E-state index contributed by atoms with van der Waals surface area (Å²) >= 11 is 0. The molecular weight excluding hydrogens is 395 g/mol. The number of H-pyrrole nitrogens is 1. The highest BCUT2D eigenvalue weighted by atomic mass is 19.1. The summed E-state index contributed by atoms with van der Waals surface area (Å²) in [7, 11) is 0. The Balaban J connectivity index is 1.40. The molecule has 1 aromatic carbocycles. The van der Waals surface area contributed by atoms with Crippen LogP contribution in [0.15, 0.2) is 30.5 Å². The average molecular weight is 420 g/mol. The van der Waals surface area contributed by atoms with Crippen molar-refractivity contribution in [3.8, 4) is 11.3 Å². The van der Waals surface area contributed by atoms with Gasteiger partial charge in [-0.2, -0.15) is 5.10 Å². The summed E-state index contributed by atoms with van der Waals surface area (Å²) < 4.78 is 14.6. The molecule has 5 rings (SSSR count). The summed E-state index contributed by atoms with van der Waals surface area (Å²) in [6, 6.07) is 6.39. The first-order valence-corrected chi connectivity index (χ1v) is 10.6. The van der Waals surface area contributed by atoms with Crippen molar-refractivity contribution in [1.82, 2.24) is 25.1 Å². The molecule has 0 saturated carbocycles. The van der Waals surface area contributed by atoms with Crippen molar-refractivity contribution in [3.05, 3.63) is 58.8 Å². The van der Waals surface area contributed by atoms with Gasteiger partial charge in [-0.3, -0.25) is 9.89 Å². The van der Waals surface area contributed by atoms with Crippen molar-refractivity contribution in [2.75, 3.05) is 24.5 Å². The molecule has 0 radical (unpaired) electrons. The monoisotopic (exact) mass is 420 g/mol. The molecule has 0 spiro atoms. The lowest BCUT2D eigenvalue weighted by Gasteiger charge is -2.53. The number of aromatic nitrogens is 4. The SMILES string of the molecule is Cc1nc(N2CCC3CN(C(=O)c4cccc(F)c4-c4ccn[nH]4)C3C2)nc(C)c1C. The maximum absolute atomic E-state index is 14.6. The van der Waals surface area contributed by atoms with Gasteiger partial charge < -0.3 is 9.80 Å². The fraction of sp³-hybridized carbons (Fsp3) is 0.391. The minimum atomic E-state index is -0.434. The Kier molecular flexibility index (Phi) is 4.72. The number of nitrogens with zero attached hydrogens (tertiary/aromatic N) is 5. The number of carbonyl (C=O) groups is 1. The Hall–Kier alpha value is -3.29. The van der Waals surface area contributed by atoms with Crippen LogP contribution in [0.5, 0.6) is 0 Å². The van der Waals surface area contributed by atoms with Crippen LogP contribution in [-0.2, 0) is 0 Å². The molecule has 1 N–H and O–H groups in total. The molecule has 2 saturated heterocycles. The van der Waals surface area contributed by atoms with E-state index in [1.807, 2.05) is 25.7 Å². The number of aryl methyl sites for hydroxylation is 2. The number of hydrogen-bond donors (Lipinski definition) is 1. The molecule has 0 aliphatic carbocycles. The highest BCUT2D eigenvalue weighted by Crippen LogP contribution is 2.36. The summed E-state index contributed by atoms with van der Waals surface area (Å²) in [5.74, 6) is 0.597. The van der Waals surface area contributed by atoms with Gasteiger partial charge in [-0.25, -0.2) is 14.4 Å². The number of carbonyl (C=O) groups excluding carboxylic acids is 1. The standard InChI is InChI=1S/C23H25FN6O/c1-13-14(2)26-23(27-15(13)3)29-10-8-16-11-30(20(16)12-29)22(31)17-5-4-6-18(24)21(17)19-7-9-25-28-19/h4-7,9,16,20H,8,10-12H2,1-3H3,(H,25,28). The molecule has 2 fully saturated rings. The molecule has 7 nitrogen and oxygen atoms in total. The quantitative estimate of drug-likeness (QED) is 0.704. The minimum Gasteiger partial charge on any atom is -0.339 e. The summed E-state index contributed by atoms with van der Waals surface area (Å²) in [5.41, 5.74) is 4.21. The Morgan fingerprint density at radius 2 is 1.90 bits per heavy atom. The molecule has 2 aromatic heterocycles. The van der Waals surface area contributed by atoms with Crippen LogP contribution in [-0.4, -0.2) is 56.6 Å². The number of fused-ring (bicyclic) bond motifs is 1. The number of aromatic amines is 1. The van der Waals surface area contributed by atoms with E-state index in [-0.39, 0.29) is 17.5 Å². The van der Waals surface area contributed by atoms with Gasteiger partial charge in [0.2, 0.25) is 5.95 Å². The van der Waals surface area contributed by atoms with Crippen molar-refractivity contribution >= 4 is 11.9 Å². The van der Waals surface area contributed by atoms with Gasteiger partial charge in [-0.15, -0.1) is 0 Å². The highest BCUT2D eigenvalue weighted by Gasteiger charge is 2.46. The molecule has 2 unspecified atom stereocenters. The van der Waals surface area contributed by atoms with E-state index in [9.17, 15) is 9.18 Å².